The normalized spacial score (nSPS) is 21.7. The lowest BCUT2D eigenvalue weighted by Crippen LogP contribution is -2.46. The van der Waals surface area contributed by atoms with Crippen molar-refractivity contribution in [1.82, 2.24) is 14.8 Å². The number of anilines is 1. The van der Waals surface area contributed by atoms with Gasteiger partial charge in [0.1, 0.15) is 12.0 Å². The molecule has 7 nitrogen and oxygen atoms in total. The van der Waals surface area contributed by atoms with Gasteiger partial charge in [-0.1, -0.05) is 36.4 Å². The molecule has 198 valence electrons. The molecule has 3 aromatic rings. The van der Waals surface area contributed by atoms with Gasteiger partial charge in [-0.15, -0.1) is 0 Å². The molecule has 7 heteroatoms. The molecule has 0 aliphatic carbocycles. The van der Waals surface area contributed by atoms with Crippen molar-refractivity contribution in [2.24, 2.45) is 0 Å². The van der Waals surface area contributed by atoms with Crippen LogP contribution in [0.1, 0.15) is 53.8 Å². The summed E-state index contributed by atoms with van der Waals surface area (Å²) in [6.07, 6.45) is 3.93. The predicted octanol–water partition coefficient (Wildman–Crippen LogP) is 4.43. The van der Waals surface area contributed by atoms with E-state index >= 15 is 0 Å². The summed E-state index contributed by atoms with van der Waals surface area (Å²) in [4.78, 5) is 21.8. The van der Waals surface area contributed by atoms with E-state index < -0.39 is 6.23 Å². The molecule has 0 saturated carbocycles. The molecule has 1 saturated heterocycles. The first-order chi connectivity index (χ1) is 18.5. The molecule has 1 aromatic heterocycles. The maximum Gasteiger partial charge on any atom is 0.237 e. The number of benzene rings is 2. The molecule has 1 amide bonds. The van der Waals surface area contributed by atoms with Crippen LogP contribution in [-0.2, 0) is 29.0 Å². The van der Waals surface area contributed by atoms with Gasteiger partial charge in [0.25, 0.3) is 0 Å². The van der Waals surface area contributed by atoms with E-state index in [9.17, 15) is 9.90 Å². The largest absolute Gasteiger partial charge is 0.381 e. The standard InChI is InChI=1S/C31H36N4O3/c1-20-16-32-29(33-26-9-11-38-12-10-26)15-27(20)23-7-8-25-17-34(31(37)28(25)14-23)19-30(36)35-18-24-6-4-3-5-22(24)13-21(35)2/h3-8,14-16,21,26,31,37H,9-13,17-19H2,1-2H3,(H,32,33). The Bertz CT molecular complexity index is 1340. The van der Waals surface area contributed by atoms with Gasteiger partial charge in [-0.25, -0.2) is 4.98 Å². The van der Waals surface area contributed by atoms with Crippen LogP contribution >= 0.6 is 0 Å². The summed E-state index contributed by atoms with van der Waals surface area (Å²) in [6.45, 7) is 7.12. The Morgan fingerprint density at radius 2 is 1.87 bits per heavy atom. The number of amides is 1. The number of hydrogen-bond donors (Lipinski definition) is 2. The second kappa shape index (κ2) is 10.5. The number of rotatable bonds is 5. The molecule has 2 atom stereocenters. The van der Waals surface area contributed by atoms with Gasteiger partial charge in [-0.2, -0.15) is 0 Å². The van der Waals surface area contributed by atoms with Crippen molar-refractivity contribution in [3.63, 3.8) is 0 Å². The second-order valence-electron chi connectivity index (χ2n) is 11.0. The number of carbonyl (C=O) groups is 1. The van der Waals surface area contributed by atoms with Crippen molar-refractivity contribution in [2.75, 3.05) is 25.1 Å². The van der Waals surface area contributed by atoms with Crippen LogP contribution in [0, 0.1) is 6.92 Å². The van der Waals surface area contributed by atoms with Crippen LogP contribution in [-0.4, -0.2) is 57.6 Å². The van der Waals surface area contributed by atoms with Crippen molar-refractivity contribution in [3.05, 3.63) is 82.5 Å². The summed E-state index contributed by atoms with van der Waals surface area (Å²) in [5.74, 6) is 0.927. The molecule has 1 fully saturated rings. The molecule has 6 rings (SSSR count). The predicted molar refractivity (Wildman–Crippen MR) is 147 cm³/mol. The fraction of sp³-hybridized carbons (Fsp3) is 0.419. The fourth-order valence-electron chi connectivity index (χ4n) is 6.03. The van der Waals surface area contributed by atoms with E-state index in [0.717, 1.165) is 66.1 Å². The Labute approximate surface area is 224 Å². The second-order valence-corrected chi connectivity index (χ2v) is 11.0. The van der Waals surface area contributed by atoms with Gasteiger partial charge in [0.15, 0.2) is 0 Å². The van der Waals surface area contributed by atoms with Gasteiger partial charge in [-0.3, -0.25) is 9.69 Å². The van der Waals surface area contributed by atoms with Gasteiger partial charge < -0.3 is 20.1 Å². The SMILES string of the molecule is Cc1cnc(NC2CCOCC2)cc1-c1ccc2c(c1)C(O)N(CC(=O)N1Cc3ccccc3CC1C)C2. The van der Waals surface area contributed by atoms with E-state index in [1.54, 1.807) is 0 Å². The summed E-state index contributed by atoms with van der Waals surface area (Å²) in [7, 11) is 0. The van der Waals surface area contributed by atoms with Crippen molar-refractivity contribution >= 4 is 11.7 Å². The maximum atomic E-state index is 13.4. The molecule has 0 bridgehead atoms. The zero-order valence-electron chi connectivity index (χ0n) is 22.2. The monoisotopic (exact) mass is 512 g/mol. The number of aromatic nitrogens is 1. The molecule has 4 heterocycles. The topological polar surface area (TPSA) is 77.9 Å². The average molecular weight is 513 g/mol. The molecule has 38 heavy (non-hydrogen) atoms. The van der Waals surface area contributed by atoms with E-state index in [2.05, 4.69) is 66.6 Å². The first-order valence-corrected chi connectivity index (χ1v) is 13.7. The lowest BCUT2D eigenvalue weighted by atomic mass is 9.95. The number of aliphatic hydroxyl groups is 1. The lowest BCUT2D eigenvalue weighted by Gasteiger charge is -2.36. The van der Waals surface area contributed by atoms with E-state index in [4.69, 9.17) is 4.74 Å². The third-order valence-corrected chi connectivity index (χ3v) is 8.30. The summed E-state index contributed by atoms with van der Waals surface area (Å²) in [6, 6.07) is 17.2. The van der Waals surface area contributed by atoms with Crippen LogP contribution < -0.4 is 5.32 Å². The van der Waals surface area contributed by atoms with Gasteiger partial charge >= 0.3 is 0 Å². The number of carbonyl (C=O) groups excluding carboxylic acids is 1. The van der Waals surface area contributed by atoms with Gasteiger partial charge in [0, 0.05) is 50.1 Å². The van der Waals surface area contributed by atoms with Crippen molar-refractivity contribution in [3.8, 4) is 11.1 Å². The smallest absolute Gasteiger partial charge is 0.237 e. The molecule has 3 aliphatic heterocycles. The van der Waals surface area contributed by atoms with E-state index in [-0.39, 0.29) is 18.5 Å². The molecule has 0 radical (unpaired) electrons. The van der Waals surface area contributed by atoms with Crippen LogP contribution in [0.4, 0.5) is 5.82 Å². The van der Waals surface area contributed by atoms with E-state index in [1.807, 2.05) is 22.1 Å². The Kier molecular flexibility index (Phi) is 6.91. The van der Waals surface area contributed by atoms with Crippen LogP contribution in [0.3, 0.4) is 0 Å². The molecule has 3 aliphatic rings. The molecular formula is C31H36N4O3. The minimum absolute atomic E-state index is 0.0629. The van der Waals surface area contributed by atoms with Crippen LogP contribution in [0.2, 0.25) is 0 Å². The Hall–Kier alpha value is -3.26. The van der Waals surface area contributed by atoms with Crippen LogP contribution in [0.25, 0.3) is 11.1 Å². The molecule has 2 N–H and O–H groups in total. The minimum Gasteiger partial charge on any atom is -0.381 e. The van der Waals surface area contributed by atoms with E-state index in [1.165, 1.54) is 11.1 Å². The summed E-state index contributed by atoms with van der Waals surface area (Å²) < 4.78 is 5.48. The van der Waals surface area contributed by atoms with Gasteiger partial charge in [0.2, 0.25) is 5.91 Å². The summed E-state index contributed by atoms with van der Waals surface area (Å²) in [5.41, 5.74) is 7.71. The highest BCUT2D eigenvalue weighted by Gasteiger charge is 2.33. The highest BCUT2D eigenvalue weighted by atomic mass is 16.5. The van der Waals surface area contributed by atoms with Crippen molar-refractivity contribution in [2.45, 2.75) is 64.5 Å². The Balaban J connectivity index is 1.17. The maximum absolute atomic E-state index is 13.4. The lowest BCUT2D eigenvalue weighted by molar-refractivity contribution is -0.138. The number of nitrogens with one attached hydrogen (secondary N) is 1. The molecular weight excluding hydrogens is 476 g/mol. The van der Waals surface area contributed by atoms with Gasteiger partial charge in [-0.05, 0) is 78.6 Å². The molecule has 2 unspecified atom stereocenters. The number of ether oxygens (including phenoxy) is 1. The number of pyridine rings is 1. The first-order valence-electron chi connectivity index (χ1n) is 13.7. The quantitative estimate of drug-likeness (QED) is 0.527. The van der Waals surface area contributed by atoms with Crippen LogP contribution in [0.5, 0.6) is 0 Å². The molecule has 0 spiro atoms. The summed E-state index contributed by atoms with van der Waals surface area (Å²) >= 11 is 0. The highest BCUT2D eigenvalue weighted by Crippen LogP contribution is 2.36. The third-order valence-electron chi connectivity index (χ3n) is 8.30. The fourth-order valence-corrected chi connectivity index (χ4v) is 6.03. The minimum atomic E-state index is -0.803. The highest BCUT2D eigenvalue weighted by molar-refractivity contribution is 5.79. The third kappa shape index (κ3) is 4.94. The van der Waals surface area contributed by atoms with Crippen molar-refractivity contribution in [1.29, 1.82) is 0 Å². The summed E-state index contributed by atoms with van der Waals surface area (Å²) in [5, 5.41) is 14.8. The zero-order chi connectivity index (χ0) is 26.2. The Morgan fingerprint density at radius 1 is 1.08 bits per heavy atom. The van der Waals surface area contributed by atoms with Crippen LogP contribution in [0.15, 0.2) is 54.7 Å². The average Bonchev–Trinajstić information content (AvgIpc) is 3.24. The number of aryl methyl sites for hydroxylation is 1. The first kappa shape index (κ1) is 25.0. The number of fused-ring (bicyclic) bond motifs is 2. The van der Waals surface area contributed by atoms with Crippen molar-refractivity contribution < 1.29 is 14.6 Å². The van der Waals surface area contributed by atoms with E-state index in [0.29, 0.717) is 19.1 Å². The number of hydrogen-bond acceptors (Lipinski definition) is 6. The number of aliphatic hydroxyl groups excluding tert-OH is 1. The Morgan fingerprint density at radius 3 is 2.68 bits per heavy atom. The zero-order valence-corrected chi connectivity index (χ0v) is 22.2. The number of nitrogens with zero attached hydrogens (tertiary/aromatic N) is 3. The van der Waals surface area contributed by atoms with Gasteiger partial charge in [0.05, 0.1) is 6.54 Å². The molecule has 2 aromatic carbocycles.